The number of halogens is 1. The number of nitrogens with zero attached hydrogens (tertiary/aromatic N) is 1. The van der Waals surface area contributed by atoms with Crippen molar-refractivity contribution in [1.29, 1.82) is 0 Å². The average molecular weight is 294 g/mol. The highest BCUT2D eigenvalue weighted by molar-refractivity contribution is 5.96. The third kappa shape index (κ3) is 2.99. The Balaban J connectivity index is 2.23. The molecule has 1 aromatic carbocycles. The molecular formula is C15H19FN2O3. The fourth-order valence-electron chi connectivity index (χ4n) is 2.34. The molecular weight excluding hydrogens is 275 g/mol. The highest BCUT2D eigenvalue weighted by atomic mass is 19.1. The number of hydrogen-bond donors (Lipinski definition) is 1. The number of piperazine rings is 1. The molecule has 0 spiro atoms. The van der Waals surface area contributed by atoms with Gasteiger partial charge in [-0.05, 0) is 19.4 Å². The SMILES string of the molecule is CCC1NC(=O)C(C)N(Cc2ccc(OC)cc2F)C1=O. The van der Waals surface area contributed by atoms with Gasteiger partial charge in [0, 0.05) is 18.2 Å². The molecule has 0 bridgehead atoms. The standard InChI is InChI=1S/C15H19FN2O3/c1-4-13-15(20)18(9(2)14(19)17-13)8-10-5-6-11(21-3)7-12(10)16/h5-7,9,13H,4,8H2,1-3H3,(H,17,19). The lowest BCUT2D eigenvalue weighted by Crippen LogP contribution is -2.61. The minimum atomic E-state index is -0.609. The molecule has 2 amide bonds. The number of amides is 2. The summed E-state index contributed by atoms with van der Waals surface area (Å²) in [5.74, 6) is -0.429. The minimum Gasteiger partial charge on any atom is -0.497 e. The Kier molecular flexibility index (Phi) is 4.45. The third-order valence-electron chi connectivity index (χ3n) is 3.75. The summed E-state index contributed by atoms with van der Waals surface area (Å²) in [6.45, 7) is 3.53. The van der Waals surface area contributed by atoms with Crippen LogP contribution in [0.15, 0.2) is 18.2 Å². The molecule has 2 rings (SSSR count). The lowest BCUT2D eigenvalue weighted by atomic mass is 10.0. The van der Waals surface area contributed by atoms with Gasteiger partial charge in [-0.2, -0.15) is 0 Å². The Morgan fingerprint density at radius 1 is 1.38 bits per heavy atom. The summed E-state index contributed by atoms with van der Waals surface area (Å²) in [5.41, 5.74) is 0.362. The predicted octanol–water partition coefficient (Wildman–Crippen LogP) is 1.46. The number of hydrogen-bond acceptors (Lipinski definition) is 3. The number of carbonyl (C=O) groups excluding carboxylic acids is 2. The van der Waals surface area contributed by atoms with Crippen molar-refractivity contribution in [3.05, 3.63) is 29.6 Å². The Morgan fingerprint density at radius 2 is 2.10 bits per heavy atom. The molecule has 6 heteroatoms. The van der Waals surface area contributed by atoms with Crippen molar-refractivity contribution in [2.24, 2.45) is 0 Å². The summed E-state index contributed by atoms with van der Waals surface area (Å²) in [5, 5.41) is 2.67. The van der Waals surface area contributed by atoms with Gasteiger partial charge in [-0.25, -0.2) is 4.39 Å². The van der Waals surface area contributed by atoms with Gasteiger partial charge in [0.1, 0.15) is 23.7 Å². The first-order chi connectivity index (χ1) is 9.97. The zero-order valence-electron chi connectivity index (χ0n) is 12.4. The van der Waals surface area contributed by atoms with Crippen LogP contribution in [0.3, 0.4) is 0 Å². The van der Waals surface area contributed by atoms with Crippen molar-refractivity contribution in [2.75, 3.05) is 7.11 Å². The lowest BCUT2D eigenvalue weighted by Gasteiger charge is -2.37. The summed E-state index contributed by atoms with van der Waals surface area (Å²) in [4.78, 5) is 25.6. The van der Waals surface area contributed by atoms with Gasteiger partial charge in [-0.1, -0.05) is 13.0 Å². The van der Waals surface area contributed by atoms with E-state index in [0.717, 1.165) is 0 Å². The number of nitrogens with one attached hydrogen (secondary N) is 1. The normalized spacial score (nSPS) is 22.2. The van der Waals surface area contributed by atoms with Gasteiger partial charge in [0.15, 0.2) is 0 Å². The monoisotopic (exact) mass is 294 g/mol. The van der Waals surface area contributed by atoms with Gasteiger partial charge in [-0.15, -0.1) is 0 Å². The van der Waals surface area contributed by atoms with Crippen molar-refractivity contribution >= 4 is 11.8 Å². The number of benzene rings is 1. The van der Waals surface area contributed by atoms with Gasteiger partial charge in [0.25, 0.3) is 0 Å². The molecule has 1 saturated heterocycles. The molecule has 0 aromatic heterocycles. The van der Waals surface area contributed by atoms with Crippen molar-refractivity contribution in [2.45, 2.75) is 38.9 Å². The Labute approximate surface area is 123 Å². The molecule has 2 atom stereocenters. The molecule has 1 heterocycles. The van der Waals surface area contributed by atoms with E-state index in [-0.39, 0.29) is 18.4 Å². The first-order valence-electron chi connectivity index (χ1n) is 6.91. The zero-order chi connectivity index (χ0) is 15.6. The van der Waals surface area contributed by atoms with Gasteiger partial charge in [-0.3, -0.25) is 9.59 Å². The predicted molar refractivity (Wildman–Crippen MR) is 75.2 cm³/mol. The number of methoxy groups -OCH3 is 1. The van der Waals surface area contributed by atoms with Gasteiger partial charge in [0.05, 0.1) is 7.11 Å². The van der Waals surface area contributed by atoms with Crippen LogP contribution in [-0.2, 0) is 16.1 Å². The number of carbonyl (C=O) groups is 2. The maximum atomic E-state index is 14.0. The lowest BCUT2D eigenvalue weighted by molar-refractivity contribution is -0.149. The highest BCUT2D eigenvalue weighted by Crippen LogP contribution is 2.21. The second-order valence-corrected chi connectivity index (χ2v) is 5.07. The van der Waals surface area contributed by atoms with Gasteiger partial charge >= 0.3 is 0 Å². The molecule has 1 fully saturated rings. The van der Waals surface area contributed by atoms with E-state index in [1.165, 1.54) is 18.1 Å². The van der Waals surface area contributed by atoms with Crippen LogP contribution in [0.5, 0.6) is 5.75 Å². The van der Waals surface area contributed by atoms with E-state index in [1.54, 1.807) is 19.1 Å². The Hall–Kier alpha value is -2.11. The molecule has 1 aliphatic rings. The van der Waals surface area contributed by atoms with Crippen LogP contribution < -0.4 is 10.1 Å². The topological polar surface area (TPSA) is 58.6 Å². The largest absolute Gasteiger partial charge is 0.497 e. The Morgan fingerprint density at radius 3 is 2.67 bits per heavy atom. The van der Waals surface area contributed by atoms with E-state index in [0.29, 0.717) is 17.7 Å². The van der Waals surface area contributed by atoms with Crippen LogP contribution in [0.25, 0.3) is 0 Å². The van der Waals surface area contributed by atoms with E-state index in [9.17, 15) is 14.0 Å². The van der Waals surface area contributed by atoms with E-state index in [2.05, 4.69) is 5.32 Å². The zero-order valence-corrected chi connectivity index (χ0v) is 12.4. The Bertz CT molecular complexity index is 562. The molecule has 1 N–H and O–H groups in total. The summed E-state index contributed by atoms with van der Waals surface area (Å²) in [6.07, 6.45) is 0.513. The van der Waals surface area contributed by atoms with E-state index in [1.807, 2.05) is 6.92 Å². The quantitative estimate of drug-likeness (QED) is 0.914. The molecule has 0 saturated carbocycles. The van der Waals surface area contributed by atoms with E-state index < -0.39 is 17.9 Å². The van der Waals surface area contributed by atoms with Gasteiger partial charge in [0.2, 0.25) is 11.8 Å². The third-order valence-corrected chi connectivity index (χ3v) is 3.75. The smallest absolute Gasteiger partial charge is 0.246 e. The number of ether oxygens (including phenoxy) is 1. The maximum absolute atomic E-state index is 14.0. The molecule has 1 aliphatic heterocycles. The summed E-state index contributed by atoms with van der Waals surface area (Å²) in [7, 11) is 1.46. The molecule has 1 aromatic rings. The molecule has 0 radical (unpaired) electrons. The van der Waals surface area contributed by atoms with Crippen LogP contribution in [-0.4, -0.2) is 35.9 Å². The van der Waals surface area contributed by atoms with E-state index in [4.69, 9.17) is 4.74 Å². The summed E-state index contributed by atoms with van der Waals surface area (Å²) in [6, 6.07) is 3.33. The van der Waals surface area contributed by atoms with Crippen LogP contribution >= 0.6 is 0 Å². The number of rotatable bonds is 4. The van der Waals surface area contributed by atoms with Crippen molar-refractivity contribution in [1.82, 2.24) is 10.2 Å². The average Bonchev–Trinajstić information content (AvgIpc) is 2.48. The van der Waals surface area contributed by atoms with Crippen LogP contribution in [0, 0.1) is 5.82 Å². The second-order valence-electron chi connectivity index (χ2n) is 5.07. The first kappa shape index (κ1) is 15.3. The van der Waals surface area contributed by atoms with Crippen molar-refractivity contribution in [3.63, 3.8) is 0 Å². The fraction of sp³-hybridized carbons (Fsp3) is 0.467. The van der Waals surface area contributed by atoms with E-state index >= 15 is 0 Å². The molecule has 21 heavy (non-hydrogen) atoms. The summed E-state index contributed by atoms with van der Waals surface area (Å²) < 4.78 is 19.0. The van der Waals surface area contributed by atoms with Crippen molar-refractivity contribution < 1.29 is 18.7 Å². The van der Waals surface area contributed by atoms with Crippen LogP contribution in [0.4, 0.5) is 4.39 Å². The highest BCUT2D eigenvalue weighted by Gasteiger charge is 2.37. The van der Waals surface area contributed by atoms with Crippen LogP contribution in [0.2, 0.25) is 0 Å². The molecule has 114 valence electrons. The second kappa shape index (κ2) is 6.11. The molecule has 2 unspecified atom stereocenters. The molecule has 0 aliphatic carbocycles. The van der Waals surface area contributed by atoms with Crippen LogP contribution in [0.1, 0.15) is 25.8 Å². The summed E-state index contributed by atoms with van der Waals surface area (Å²) >= 11 is 0. The fourth-order valence-corrected chi connectivity index (χ4v) is 2.34. The molecule has 5 nitrogen and oxygen atoms in total. The maximum Gasteiger partial charge on any atom is 0.246 e. The first-order valence-corrected chi connectivity index (χ1v) is 6.91. The minimum absolute atomic E-state index is 0.0692. The van der Waals surface area contributed by atoms with Crippen molar-refractivity contribution in [3.8, 4) is 5.75 Å². The van der Waals surface area contributed by atoms with Gasteiger partial charge < -0.3 is 15.0 Å².